The van der Waals surface area contributed by atoms with Gasteiger partial charge in [-0.25, -0.2) is 0 Å². The third-order valence-electron chi connectivity index (χ3n) is 2.74. The van der Waals surface area contributed by atoms with Crippen LogP contribution in [0.5, 0.6) is 0 Å². The Hall–Kier alpha value is -1.13. The number of nitrogens with zero attached hydrogens (tertiary/aromatic N) is 2. The third-order valence-corrected chi connectivity index (χ3v) is 3.24. The van der Waals surface area contributed by atoms with E-state index in [1.165, 1.54) is 5.56 Å². The molecule has 18 heavy (non-hydrogen) atoms. The maximum Gasteiger partial charge on any atom is 0.0968 e. The summed E-state index contributed by atoms with van der Waals surface area (Å²) in [5, 5.41) is 7.98. The monoisotopic (exact) mass is 307 g/mol. The lowest BCUT2D eigenvalue weighted by Crippen LogP contribution is -2.13. The lowest BCUT2D eigenvalue weighted by atomic mass is 10.1. The van der Waals surface area contributed by atoms with Gasteiger partial charge in [0.1, 0.15) is 0 Å². The zero-order chi connectivity index (χ0) is 13.0. The van der Waals surface area contributed by atoms with E-state index in [1.807, 2.05) is 23.9 Å². The molecule has 0 saturated heterocycles. The second kappa shape index (κ2) is 6.16. The molecule has 4 heteroatoms. The summed E-state index contributed by atoms with van der Waals surface area (Å²) in [7, 11) is 1.96. The minimum Gasteiger partial charge on any atom is -0.313 e. The molecule has 0 unspecified atom stereocenters. The van der Waals surface area contributed by atoms with Crippen LogP contribution in [0.4, 0.5) is 0 Å². The van der Waals surface area contributed by atoms with Crippen molar-refractivity contribution in [3.8, 4) is 11.3 Å². The third kappa shape index (κ3) is 3.21. The fraction of sp³-hybridized carbons (Fsp3) is 0.357. The van der Waals surface area contributed by atoms with Crippen LogP contribution >= 0.6 is 15.9 Å². The van der Waals surface area contributed by atoms with Gasteiger partial charge in [0.2, 0.25) is 0 Å². The van der Waals surface area contributed by atoms with Gasteiger partial charge >= 0.3 is 0 Å². The number of benzene rings is 1. The molecule has 0 spiro atoms. The van der Waals surface area contributed by atoms with E-state index in [0.29, 0.717) is 0 Å². The van der Waals surface area contributed by atoms with Gasteiger partial charge in [-0.2, -0.15) is 5.10 Å². The first-order chi connectivity index (χ1) is 8.70. The second-order valence-electron chi connectivity index (χ2n) is 4.36. The van der Waals surface area contributed by atoms with Crippen molar-refractivity contribution in [2.45, 2.75) is 19.9 Å². The van der Waals surface area contributed by atoms with Crippen molar-refractivity contribution in [1.29, 1.82) is 0 Å². The number of rotatable bonds is 5. The molecular formula is C14H18BrN3. The molecule has 0 saturated carbocycles. The summed E-state index contributed by atoms with van der Waals surface area (Å²) in [4.78, 5) is 0. The fourth-order valence-electron chi connectivity index (χ4n) is 1.95. The van der Waals surface area contributed by atoms with Gasteiger partial charge in [0.15, 0.2) is 0 Å². The van der Waals surface area contributed by atoms with E-state index >= 15 is 0 Å². The van der Waals surface area contributed by atoms with Crippen molar-refractivity contribution in [2.24, 2.45) is 7.05 Å². The molecular weight excluding hydrogens is 290 g/mol. The Morgan fingerprint density at radius 2 is 2.22 bits per heavy atom. The normalized spacial score (nSPS) is 10.8. The van der Waals surface area contributed by atoms with Crippen LogP contribution in [0.3, 0.4) is 0 Å². The Labute approximate surface area is 116 Å². The quantitative estimate of drug-likeness (QED) is 0.859. The van der Waals surface area contributed by atoms with E-state index in [2.05, 4.69) is 51.6 Å². The molecule has 1 aromatic carbocycles. The molecule has 0 radical (unpaired) electrons. The summed E-state index contributed by atoms with van der Waals surface area (Å²) in [6.07, 6.45) is 3.23. The van der Waals surface area contributed by atoms with Crippen LogP contribution in [0.15, 0.2) is 34.9 Å². The summed E-state index contributed by atoms with van der Waals surface area (Å²) < 4.78 is 2.96. The van der Waals surface area contributed by atoms with Crippen molar-refractivity contribution in [1.82, 2.24) is 15.1 Å². The lowest BCUT2D eigenvalue weighted by molar-refractivity contribution is 0.675. The van der Waals surface area contributed by atoms with E-state index < -0.39 is 0 Å². The number of aromatic nitrogens is 2. The maximum atomic E-state index is 4.56. The molecule has 0 fully saturated rings. The van der Waals surface area contributed by atoms with Crippen molar-refractivity contribution >= 4 is 15.9 Å². The highest BCUT2D eigenvalue weighted by Gasteiger charge is 2.09. The Bertz CT molecular complexity index is 520. The van der Waals surface area contributed by atoms with Crippen LogP contribution in [0.25, 0.3) is 11.3 Å². The SMILES string of the molecule is CCCNCc1cn(C)nc1-c1cccc(Br)c1. The molecule has 0 bridgehead atoms. The first kappa shape index (κ1) is 13.3. The molecule has 0 aliphatic carbocycles. The molecule has 2 aromatic rings. The minimum absolute atomic E-state index is 0.865. The Morgan fingerprint density at radius 3 is 2.94 bits per heavy atom. The molecule has 1 aromatic heterocycles. The Kier molecular flexibility index (Phi) is 4.55. The van der Waals surface area contributed by atoms with Gasteiger partial charge in [-0.15, -0.1) is 0 Å². The number of aryl methyl sites for hydroxylation is 1. The standard InChI is InChI=1S/C14H18BrN3/c1-3-7-16-9-12-10-18(2)17-14(12)11-5-4-6-13(15)8-11/h4-6,8,10,16H,3,7,9H2,1-2H3. The first-order valence-corrected chi connectivity index (χ1v) is 6.99. The van der Waals surface area contributed by atoms with Crippen molar-refractivity contribution in [3.63, 3.8) is 0 Å². The Morgan fingerprint density at radius 1 is 1.39 bits per heavy atom. The van der Waals surface area contributed by atoms with Crippen molar-refractivity contribution < 1.29 is 0 Å². The van der Waals surface area contributed by atoms with E-state index in [-0.39, 0.29) is 0 Å². The smallest absolute Gasteiger partial charge is 0.0968 e. The number of halogens is 1. The van der Waals surface area contributed by atoms with Crippen LogP contribution in [0, 0.1) is 0 Å². The van der Waals surface area contributed by atoms with Gasteiger partial charge < -0.3 is 5.32 Å². The van der Waals surface area contributed by atoms with Crippen LogP contribution in [-0.2, 0) is 13.6 Å². The number of hydrogen-bond acceptors (Lipinski definition) is 2. The topological polar surface area (TPSA) is 29.9 Å². The zero-order valence-electron chi connectivity index (χ0n) is 10.8. The van der Waals surface area contributed by atoms with Gasteiger partial charge in [0, 0.05) is 35.4 Å². The van der Waals surface area contributed by atoms with E-state index in [4.69, 9.17) is 0 Å². The van der Waals surface area contributed by atoms with Crippen molar-refractivity contribution in [2.75, 3.05) is 6.54 Å². The summed E-state index contributed by atoms with van der Waals surface area (Å²) in [6.45, 7) is 4.07. The van der Waals surface area contributed by atoms with E-state index in [1.54, 1.807) is 0 Å². The molecule has 3 nitrogen and oxygen atoms in total. The van der Waals surface area contributed by atoms with Gasteiger partial charge in [0.25, 0.3) is 0 Å². The molecule has 0 amide bonds. The van der Waals surface area contributed by atoms with Crippen LogP contribution < -0.4 is 5.32 Å². The van der Waals surface area contributed by atoms with Gasteiger partial charge in [-0.3, -0.25) is 4.68 Å². The van der Waals surface area contributed by atoms with Gasteiger partial charge in [0.05, 0.1) is 5.69 Å². The molecule has 96 valence electrons. The lowest BCUT2D eigenvalue weighted by Gasteiger charge is -2.04. The molecule has 1 N–H and O–H groups in total. The zero-order valence-corrected chi connectivity index (χ0v) is 12.4. The minimum atomic E-state index is 0.865. The van der Waals surface area contributed by atoms with Crippen LogP contribution in [0.1, 0.15) is 18.9 Å². The highest BCUT2D eigenvalue weighted by atomic mass is 79.9. The van der Waals surface area contributed by atoms with E-state index in [0.717, 1.165) is 35.2 Å². The first-order valence-electron chi connectivity index (χ1n) is 6.20. The largest absolute Gasteiger partial charge is 0.313 e. The molecule has 0 atom stereocenters. The molecule has 1 heterocycles. The van der Waals surface area contributed by atoms with Crippen LogP contribution in [-0.4, -0.2) is 16.3 Å². The summed E-state index contributed by atoms with van der Waals surface area (Å²) in [5.74, 6) is 0. The highest BCUT2D eigenvalue weighted by Crippen LogP contribution is 2.24. The average molecular weight is 308 g/mol. The number of hydrogen-bond donors (Lipinski definition) is 1. The van der Waals surface area contributed by atoms with Crippen molar-refractivity contribution in [3.05, 3.63) is 40.5 Å². The maximum absolute atomic E-state index is 4.56. The molecule has 0 aliphatic rings. The van der Waals surface area contributed by atoms with Crippen LogP contribution in [0.2, 0.25) is 0 Å². The highest BCUT2D eigenvalue weighted by molar-refractivity contribution is 9.10. The summed E-state index contributed by atoms with van der Waals surface area (Å²) in [6, 6.07) is 8.26. The van der Waals surface area contributed by atoms with Gasteiger partial charge in [-0.05, 0) is 25.1 Å². The predicted octanol–water partition coefficient (Wildman–Crippen LogP) is 3.35. The number of nitrogens with one attached hydrogen (secondary N) is 1. The molecule has 2 rings (SSSR count). The van der Waals surface area contributed by atoms with E-state index in [9.17, 15) is 0 Å². The Balaban J connectivity index is 2.26. The second-order valence-corrected chi connectivity index (χ2v) is 5.28. The fourth-order valence-corrected chi connectivity index (χ4v) is 2.34. The average Bonchev–Trinajstić information content (AvgIpc) is 2.71. The predicted molar refractivity (Wildman–Crippen MR) is 78.3 cm³/mol. The summed E-state index contributed by atoms with van der Waals surface area (Å²) in [5.41, 5.74) is 3.45. The van der Waals surface area contributed by atoms with Gasteiger partial charge in [-0.1, -0.05) is 35.0 Å². The summed E-state index contributed by atoms with van der Waals surface area (Å²) >= 11 is 3.50. The molecule has 0 aliphatic heterocycles.